The van der Waals surface area contributed by atoms with Gasteiger partial charge in [-0.05, 0) is 51.1 Å². The summed E-state index contributed by atoms with van der Waals surface area (Å²) in [7, 11) is 1.64. The summed E-state index contributed by atoms with van der Waals surface area (Å²) in [4.78, 5) is 27.2. The van der Waals surface area contributed by atoms with Gasteiger partial charge in [0, 0.05) is 42.3 Å². The molecule has 2 N–H and O–H groups in total. The summed E-state index contributed by atoms with van der Waals surface area (Å²) in [6.45, 7) is 8.66. The number of carbonyl (C=O) groups is 1. The van der Waals surface area contributed by atoms with Crippen molar-refractivity contribution in [2.45, 2.75) is 32.6 Å². The molecule has 6 aromatic rings. The van der Waals surface area contributed by atoms with Crippen LogP contribution in [0.4, 0.5) is 16.3 Å². The molecule has 0 aliphatic heterocycles. The van der Waals surface area contributed by atoms with Crippen LogP contribution in [-0.4, -0.2) is 77.5 Å². The maximum Gasteiger partial charge on any atom is 0.324 e. The number of carbonyl (C=O) groups excluding carboxylic acids is 1. The van der Waals surface area contributed by atoms with Crippen molar-refractivity contribution in [1.29, 1.82) is 0 Å². The number of nitrogens with one attached hydrogen (secondary N) is 2. The predicted octanol–water partition coefficient (Wildman–Crippen LogP) is 7.52. The Morgan fingerprint density at radius 3 is 2.34 bits per heavy atom. The molecule has 6 rings (SSSR count). The highest BCUT2D eigenvalue weighted by atomic mass is 16.6. The number of hydrogen-bond donors (Lipinski definition) is 2. The molecule has 0 saturated carbocycles. The number of terminal acetylenes is 1. The fraction of sp³-hybridized carbons (Fsp3) is 0.279. The van der Waals surface area contributed by atoms with E-state index in [1.165, 1.54) is 0 Å². The molecule has 0 radical (unpaired) electrons. The van der Waals surface area contributed by atoms with Gasteiger partial charge in [-0.1, -0.05) is 53.9 Å². The average Bonchev–Trinajstić information content (AvgIpc) is 3.63. The maximum absolute atomic E-state index is 13.5. The Balaban J connectivity index is 1.10. The van der Waals surface area contributed by atoms with Crippen molar-refractivity contribution in [2.24, 2.45) is 0 Å². The number of urea groups is 1. The van der Waals surface area contributed by atoms with E-state index in [-0.39, 0.29) is 0 Å². The lowest BCUT2D eigenvalue weighted by Gasteiger charge is -2.14. The first kappa shape index (κ1) is 39.4. The van der Waals surface area contributed by atoms with Gasteiger partial charge in [0.25, 0.3) is 0 Å². The van der Waals surface area contributed by atoms with Gasteiger partial charge in [-0.25, -0.2) is 19.4 Å². The van der Waals surface area contributed by atoms with E-state index in [1.807, 2.05) is 81.4 Å². The molecule has 0 atom stereocenters. The highest BCUT2D eigenvalue weighted by molar-refractivity contribution is 6.07. The molecule has 0 saturated heterocycles. The van der Waals surface area contributed by atoms with Crippen molar-refractivity contribution in [3.63, 3.8) is 0 Å². The lowest BCUT2D eigenvalue weighted by molar-refractivity contribution is 0.0176. The van der Waals surface area contributed by atoms with Gasteiger partial charge in [0.05, 0.1) is 67.6 Å². The smallest absolute Gasteiger partial charge is 0.324 e. The van der Waals surface area contributed by atoms with Crippen LogP contribution in [0.5, 0.6) is 17.5 Å². The molecule has 13 nitrogen and oxygen atoms in total. The Bertz CT molecular complexity index is 2280. The van der Waals surface area contributed by atoms with Crippen molar-refractivity contribution in [3.8, 4) is 35.5 Å². The van der Waals surface area contributed by atoms with E-state index in [9.17, 15) is 4.79 Å². The van der Waals surface area contributed by atoms with Crippen LogP contribution in [-0.2, 0) is 26.0 Å². The van der Waals surface area contributed by atoms with E-state index in [4.69, 9.17) is 35.2 Å². The topological polar surface area (TPSA) is 144 Å². The van der Waals surface area contributed by atoms with E-state index < -0.39 is 11.4 Å². The van der Waals surface area contributed by atoms with Crippen LogP contribution < -0.4 is 20.1 Å². The van der Waals surface area contributed by atoms with E-state index in [0.717, 1.165) is 27.7 Å². The average molecular weight is 756 g/mol. The van der Waals surface area contributed by atoms with Crippen LogP contribution in [0.3, 0.4) is 0 Å². The molecule has 0 bridgehead atoms. The number of pyridine rings is 1. The third kappa shape index (κ3) is 10.5. The predicted molar refractivity (Wildman–Crippen MR) is 215 cm³/mol. The first-order chi connectivity index (χ1) is 27.2. The van der Waals surface area contributed by atoms with Crippen LogP contribution >= 0.6 is 0 Å². The Morgan fingerprint density at radius 2 is 1.57 bits per heavy atom. The number of anilines is 2. The molecule has 0 aliphatic carbocycles. The number of ether oxygens (including phenoxy) is 5. The van der Waals surface area contributed by atoms with Crippen LogP contribution in [0.1, 0.15) is 36.6 Å². The first-order valence-corrected chi connectivity index (χ1v) is 18.2. The third-order valence-electron chi connectivity index (χ3n) is 8.66. The van der Waals surface area contributed by atoms with Gasteiger partial charge in [0.15, 0.2) is 0 Å². The zero-order chi connectivity index (χ0) is 39.3. The largest absolute Gasteiger partial charge is 0.475 e. The lowest BCUT2D eigenvalue weighted by Crippen LogP contribution is -2.21. The molecular formula is C43H45N7O6. The Morgan fingerprint density at radius 1 is 0.821 bits per heavy atom. The van der Waals surface area contributed by atoms with Crippen molar-refractivity contribution < 1.29 is 28.5 Å². The monoisotopic (exact) mass is 755 g/mol. The van der Waals surface area contributed by atoms with Gasteiger partial charge in [-0.2, -0.15) is 10.1 Å². The number of benzene rings is 3. The molecule has 3 heterocycles. The zero-order valence-corrected chi connectivity index (χ0v) is 32.0. The minimum atomic E-state index is -0.646. The minimum Gasteiger partial charge on any atom is -0.475 e. The summed E-state index contributed by atoms with van der Waals surface area (Å²) in [6, 6.07) is 27.7. The van der Waals surface area contributed by atoms with Gasteiger partial charge in [-0.15, -0.1) is 6.42 Å². The second kappa shape index (κ2) is 18.8. The van der Waals surface area contributed by atoms with Gasteiger partial charge in [0.2, 0.25) is 11.8 Å². The highest BCUT2D eigenvalue weighted by Crippen LogP contribution is 2.34. The summed E-state index contributed by atoms with van der Waals surface area (Å²) < 4.78 is 29.6. The molecule has 2 amide bonds. The first-order valence-electron chi connectivity index (χ1n) is 18.2. The molecule has 0 unspecified atom stereocenters. The SMILES string of the molecule is C#CC(C)(C)c1cc(NC(=O)Nc2ccc(Oc3ccnc(Cc4cccc(OCCOCCOCCOC)n4)n3)c3ccccc23)n(-c2ccc(C)cc2)n1. The molecule has 288 valence electrons. The van der Waals surface area contributed by atoms with Crippen LogP contribution in [0.2, 0.25) is 0 Å². The fourth-order valence-corrected chi connectivity index (χ4v) is 5.57. The number of fused-ring (bicyclic) bond motifs is 1. The normalized spacial score (nSPS) is 11.3. The van der Waals surface area contributed by atoms with Crippen molar-refractivity contribution in [1.82, 2.24) is 24.7 Å². The summed E-state index contributed by atoms with van der Waals surface area (Å²) in [5.74, 6) is 5.20. The number of aryl methyl sites for hydroxylation is 1. The molecular weight excluding hydrogens is 711 g/mol. The molecule has 0 aliphatic rings. The molecule has 3 aromatic carbocycles. The molecule has 0 fully saturated rings. The van der Waals surface area contributed by atoms with Crippen molar-refractivity contribution >= 4 is 28.3 Å². The van der Waals surface area contributed by atoms with E-state index >= 15 is 0 Å². The maximum atomic E-state index is 13.5. The number of rotatable bonds is 18. The van der Waals surface area contributed by atoms with Gasteiger partial charge in [0.1, 0.15) is 24.0 Å². The quantitative estimate of drug-likeness (QED) is 0.0668. The third-order valence-corrected chi connectivity index (χ3v) is 8.66. The Kier molecular flexibility index (Phi) is 13.2. The van der Waals surface area contributed by atoms with Gasteiger partial charge < -0.3 is 29.0 Å². The van der Waals surface area contributed by atoms with Gasteiger partial charge >= 0.3 is 6.03 Å². The molecule has 3 aromatic heterocycles. The number of hydrogen-bond acceptors (Lipinski definition) is 10. The number of nitrogens with zero attached hydrogens (tertiary/aromatic N) is 5. The minimum absolute atomic E-state index is 0.355. The van der Waals surface area contributed by atoms with E-state index in [0.29, 0.717) is 86.6 Å². The van der Waals surface area contributed by atoms with Crippen LogP contribution in [0, 0.1) is 19.3 Å². The van der Waals surface area contributed by atoms with Crippen LogP contribution in [0.25, 0.3) is 16.5 Å². The highest BCUT2D eigenvalue weighted by Gasteiger charge is 2.24. The van der Waals surface area contributed by atoms with Crippen molar-refractivity contribution in [3.05, 3.63) is 120 Å². The number of aromatic nitrogens is 5. The Hall–Kier alpha value is -6.33. The summed E-state index contributed by atoms with van der Waals surface area (Å²) in [5, 5.41) is 12.3. The zero-order valence-electron chi connectivity index (χ0n) is 32.0. The van der Waals surface area contributed by atoms with Gasteiger partial charge in [-0.3, -0.25) is 5.32 Å². The summed E-state index contributed by atoms with van der Waals surface area (Å²) in [5.41, 5.74) is 3.24. The second-order valence-corrected chi connectivity index (χ2v) is 13.3. The van der Waals surface area contributed by atoms with E-state index in [2.05, 4.69) is 31.5 Å². The number of methoxy groups -OCH3 is 1. The molecule has 56 heavy (non-hydrogen) atoms. The van der Waals surface area contributed by atoms with Crippen LogP contribution in [0.15, 0.2) is 97.2 Å². The second-order valence-electron chi connectivity index (χ2n) is 13.3. The Labute approximate surface area is 326 Å². The fourth-order valence-electron chi connectivity index (χ4n) is 5.57. The standard InChI is InChI=1S/C43H45N7O6/c1-6-43(3,4)37-29-39(50(49-37)32-16-14-30(2)15-17-32)48-42(51)46-35-18-19-36(34-12-8-7-11-33(34)35)56-41-20-21-44-38(47-41)28-31-10-9-13-40(45-31)55-27-26-54-25-24-53-23-22-52-5/h1,7-21,29H,22-28H2,2-5H3,(H2,46,48,51). The summed E-state index contributed by atoms with van der Waals surface area (Å²) in [6.07, 6.45) is 7.84. The molecule has 13 heteroatoms. The molecule has 0 spiro atoms. The number of amides is 2. The van der Waals surface area contributed by atoms with E-state index in [1.54, 1.807) is 48.3 Å². The van der Waals surface area contributed by atoms with Crippen molar-refractivity contribution in [2.75, 3.05) is 57.4 Å². The summed E-state index contributed by atoms with van der Waals surface area (Å²) >= 11 is 0. The lowest BCUT2D eigenvalue weighted by atomic mass is 9.91.